The summed E-state index contributed by atoms with van der Waals surface area (Å²) in [5.74, 6) is -0.165. The lowest BCUT2D eigenvalue weighted by Gasteiger charge is -2.34. The second kappa shape index (κ2) is 7.68. The molecule has 2 atom stereocenters. The molecule has 11 heteroatoms. The maximum Gasteiger partial charge on any atom is 0.242 e. The predicted octanol–water partition coefficient (Wildman–Crippen LogP) is -1.50. The fourth-order valence-corrected chi connectivity index (χ4v) is 3.70. The minimum absolute atomic E-state index is 0.0817. The molecule has 2 fully saturated rings. The monoisotopic (exact) mass is 389 g/mol. The Balaban J connectivity index is 1.52. The Morgan fingerprint density at radius 3 is 2.93 bits per heavy atom. The number of nitrogens with two attached hydrogens (primary N) is 1. The number of carbonyl (C=O) groups is 2. The van der Waals surface area contributed by atoms with E-state index in [4.69, 9.17) is 10.5 Å². The van der Waals surface area contributed by atoms with Gasteiger partial charge in [0.25, 0.3) is 0 Å². The number of anilines is 1. The molecule has 150 valence electrons. The number of aliphatic hydroxyl groups is 1. The van der Waals surface area contributed by atoms with Crippen LogP contribution < -0.4 is 10.6 Å². The zero-order valence-corrected chi connectivity index (χ0v) is 15.4. The average molecular weight is 389 g/mol. The number of aliphatic hydroxyl groups excluding tert-OH is 1. The molecule has 2 aromatic heterocycles. The number of hydrogen-bond donors (Lipinski definition) is 2. The van der Waals surface area contributed by atoms with E-state index in [2.05, 4.69) is 15.0 Å². The van der Waals surface area contributed by atoms with Crippen molar-refractivity contribution < 1.29 is 19.4 Å². The molecule has 0 aliphatic carbocycles. The molecule has 28 heavy (non-hydrogen) atoms. The van der Waals surface area contributed by atoms with E-state index in [0.29, 0.717) is 43.2 Å². The smallest absolute Gasteiger partial charge is 0.242 e. The van der Waals surface area contributed by atoms with Crippen molar-refractivity contribution in [1.29, 1.82) is 0 Å². The number of hydrogen-bond acceptors (Lipinski definition) is 8. The van der Waals surface area contributed by atoms with Crippen LogP contribution in [0.5, 0.6) is 0 Å². The summed E-state index contributed by atoms with van der Waals surface area (Å²) in [6.07, 6.45) is 4.02. The van der Waals surface area contributed by atoms with Crippen molar-refractivity contribution in [2.45, 2.75) is 31.6 Å². The molecule has 2 aromatic rings. The van der Waals surface area contributed by atoms with Crippen LogP contribution in [0.25, 0.3) is 11.2 Å². The highest BCUT2D eigenvalue weighted by atomic mass is 16.5. The Morgan fingerprint density at radius 2 is 2.21 bits per heavy atom. The van der Waals surface area contributed by atoms with Gasteiger partial charge in [0.05, 0.1) is 38.2 Å². The van der Waals surface area contributed by atoms with Gasteiger partial charge in [-0.05, 0) is 12.8 Å². The van der Waals surface area contributed by atoms with Crippen LogP contribution in [-0.2, 0) is 20.9 Å². The molecule has 0 bridgehead atoms. The van der Waals surface area contributed by atoms with E-state index in [1.807, 2.05) is 4.90 Å². The van der Waals surface area contributed by atoms with E-state index in [1.165, 1.54) is 11.2 Å². The van der Waals surface area contributed by atoms with E-state index < -0.39 is 12.0 Å². The van der Waals surface area contributed by atoms with E-state index in [0.717, 1.165) is 12.8 Å². The Bertz CT molecular complexity index is 880. The molecule has 2 aliphatic heterocycles. The Kier molecular flexibility index (Phi) is 5.09. The third-order valence-corrected chi connectivity index (χ3v) is 5.12. The van der Waals surface area contributed by atoms with E-state index >= 15 is 0 Å². The minimum Gasteiger partial charge on any atom is -0.389 e. The Labute approximate surface area is 161 Å². The number of ether oxygens (including phenoxy) is 1. The topological polar surface area (TPSA) is 140 Å². The number of carbonyl (C=O) groups excluding carboxylic acids is 2. The lowest BCUT2D eigenvalue weighted by Crippen LogP contribution is -2.52. The van der Waals surface area contributed by atoms with Crippen LogP contribution >= 0.6 is 0 Å². The van der Waals surface area contributed by atoms with Crippen molar-refractivity contribution in [3.63, 3.8) is 0 Å². The van der Waals surface area contributed by atoms with Crippen LogP contribution in [0, 0.1) is 0 Å². The van der Waals surface area contributed by atoms with Crippen LogP contribution in [-0.4, -0.2) is 86.3 Å². The van der Waals surface area contributed by atoms with Gasteiger partial charge in [-0.25, -0.2) is 15.0 Å². The van der Waals surface area contributed by atoms with Gasteiger partial charge >= 0.3 is 0 Å². The first kappa shape index (κ1) is 18.6. The fourth-order valence-electron chi connectivity index (χ4n) is 3.70. The van der Waals surface area contributed by atoms with Gasteiger partial charge in [-0.2, -0.15) is 0 Å². The molecular weight excluding hydrogens is 366 g/mol. The Morgan fingerprint density at radius 1 is 1.36 bits per heavy atom. The summed E-state index contributed by atoms with van der Waals surface area (Å²) in [6, 6.07) is 0. The number of piperazine rings is 1. The van der Waals surface area contributed by atoms with E-state index in [9.17, 15) is 14.7 Å². The third-order valence-electron chi connectivity index (χ3n) is 5.12. The van der Waals surface area contributed by atoms with Crippen molar-refractivity contribution in [1.82, 2.24) is 24.4 Å². The van der Waals surface area contributed by atoms with Gasteiger partial charge < -0.3 is 29.9 Å². The molecule has 2 saturated heterocycles. The molecule has 11 nitrogen and oxygen atoms in total. The van der Waals surface area contributed by atoms with Gasteiger partial charge in [0.1, 0.15) is 6.33 Å². The SMILES string of the molecule is NC(=O)CN1CCN(c2ncnc3c2ncn3CC(O)C2CCCO2)CC1=O. The lowest BCUT2D eigenvalue weighted by atomic mass is 10.1. The van der Waals surface area contributed by atoms with Crippen LogP contribution in [0.4, 0.5) is 5.82 Å². The van der Waals surface area contributed by atoms with Gasteiger partial charge in [0, 0.05) is 19.7 Å². The first-order valence-electron chi connectivity index (χ1n) is 9.29. The van der Waals surface area contributed by atoms with Crippen molar-refractivity contribution in [2.24, 2.45) is 5.73 Å². The van der Waals surface area contributed by atoms with Gasteiger partial charge in [0.15, 0.2) is 17.0 Å². The van der Waals surface area contributed by atoms with Crippen LogP contribution in [0.15, 0.2) is 12.7 Å². The van der Waals surface area contributed by atoms with E-state index in [-0.39, 0.29) is 25.1 Å². The summed E-state index contributed by atoms with van der Waals surface area (Å²) in [4.78, 5) is 39.7. The number of rotatable bonds is 6. The number of amides is 2. The first-order chi connectivity index (χ1) is 13.5. The van der Waals surface area contributed by atoms with Crippen LogP contribution in [0.1, 0.15) is 12.8 Å². The second-order valence-electron chi connectivity index (χ2n) is 7.09. The summed E-state index contributed by atoms with van der Waals surface area (Å²) in [5.41, 5.74) is 6.34. The first-order valence-corrected chi connectivity index (χ1v) is 9.29. The quantitative estimate of drug-likeness (QED) is 0.608. The highest BCUT2D eigenvalue weighted by Crippen LogP contribution is 2.24. The number of imidazole rings is 1. The van der Waals surface area contributed by atoms with Gasteiger partial charge in [0.2, 0.25) is 11.8 Å². The largest absolute Gasteiger partial charge is 0.389 e. The van der Waals surface area contributed by atoms with Crippen molar-refractivity contribution in [3.05, 3.63) is 12.7 Å². The van der Waals surface area contributed by atoms with Gasteiger partial charge in [-0.15, -0.1) is 0 Å². The highest BCUT2D eigenvalue weighted by molar-refractivity contribution is 5.90. The predicted molar refractivity (Wildman–Crippen MR) is 98.3 cm³/mol. The van der Waals surface area contributed by atoms with E-state index in [1.54, 1.807) is 10.9 Å². The van der Waals surface area contributed by atoms with Crippen LogP contribution in [0.3, 0.4) is 0 Å². The lowest BCUT2D eigenvalue weighted by molar-refractivity contribution is -0.135. The second-order valence-corrected chi connectivity index (χ2v) is 7.09. The molecule has 3 N–H and O–H groups in total. The number of aromatic nitrogens is 4. The van der Waals surface area contributed by atoms with Gasteiger partial charge in [-0.1, -0.05) is 0 Å². The van der Waals surface area contributed by atoms with Crippen molar-refractivity contribution in [3.8, 4) is 0 Å². The summed E-state index contributed by atoms with van der Waals surface area (Å²) < 4.78 is 7.32. The molecule has 2 aliphatic rings. The van der Waals surface area contributed by atoms with Crippen LogP contribution in [0.2, 0.25) is 0 Å². The fraction of sp³-hybridized carbons (Fsp3) is 0.588. The average Bonchev–Trinajstić information content (AvgIpc) is 3.33. The third kappa shape index (κ3) is 3.62. The number of primary amides is 1. The molecule has 2 amide bonds. The number of nitrogens with zero attached hydrogens (tertiary/aromatic N) is 6. The summed E-state index contributed by atoms with van der Waals surface area (Å²) in [6.45, 7) is 1.89. The molecule has 4 heterocycles. The minimum atomic E-state index is -0.641. The molecule has 0 aromatic carbocycles. The standard InChI is InChI=1S/C17H23N7O4/c18-13(26)7-22-3-4-23(8-14(22)27)16-15-17(20-9-19-16)24(10-21-15)6-11(25)12-2-1-5-28-12/h9-12,25H,1-8H2,(H2,18,26). The maximum atomic E-state index is 12.3. The molecule has 0 spiro atoms. The van der Waals surface area contributed by atoms with Crippen molar-refractivity contribution in [2.75, 3.05) is 37.7 Å². The zero-order valence-electron chi connectivity index (χ0n) is 15.4. The molecule has 0 radical (unpaired) electrons. The van der Waals surface area contributed by atoms with Crippen molar-refractivity contribution >= 4 is 28.8 Å². The zero-order chi connectivity index (χ0) is 19.7. The Hall–Kier alpha value is -2.79. The molecular formula is C17H23N7O4. The maximum absolute atomic E-state index is 12.3. The number of fused-ring (bicyclic) bond motifs is 1. The summed E-state index contributed by atoms with van der Waals surface area (Å²) >= 11 is 0. The summed E-state index contributed by atoms with van der Waals surface area (Å²) in [7, 11) is 0. The molecule has 4 rings (SSSR count). The molecule has 2 unspecified atom stereocenters. The van der Waals surface area contributed by atoms with Gasteiger partial charge in [-0.3, -0.25) is 9.59 Å². The molecule has 0 saturated carbocycles. The highest BCUT2D eigenvalue weighted by Gasteiger charge is 2.29. The summed E-state index contributed by atoms with van der Waals surface area (Å²) in [5, 5.41) is 10.4. The normalized spacial score (nSPS) is 21.5.